The van der Waals surface area contributed by atoms with Crippen molar-refractivity contribution >= 4 is 0 Å². The number of aryl methyl sites for hydroxylation is 1. The monoisotopic (exact) mass is 299 g/mol. The van der Waals surface area contributed by atoms with Crippen LogP contribution in [-0.2, 0) is 13.2 Å². The summed E-state index contributed by atoms with van der Waals surface area (Å²) in [5.74, 6) is 1.56. The highest BCUT2D eigenvalue weighted by Gasteiger charge is 2.06. The summed E-state index contributed by atoms with van der Waals surface area (Å²) in [6, 6.07) is 14.5. The average Bonchev–Trinajstić information content (AvgIpc) is 2.55. The topological polar surface area (TPSA) is 30.5 Å². The minimum absolute atomic E-state index is 0.546. The second kappa shape index (κ2) is 8.44. The molecule has 0 unspecified atom stereocenters. The molecule has 1 N–H and O–H groups in total. The van der Waals surface area contributed by atoms with Crippen LogP contribution in [0.3, 0.4) is 0 Å². The van der Waals surface area contributed by atoms with E-state index in [4.69, 9.17) is 9.47 Å². The molecule has 22 heavy (non-hydrogen) atoms. The molecule has 0 saturated carbocycles. The van der Waals surface area contributed by atoms with Crippen molar-refractivity contribution in [3.63, 3.8) is 0 Å². The third kappa shape index (κ3) is 4.78. The van der Waals surface area contributed by atoms with Gasteiger partial charge in [0.25, 0.3) is 0 Å². The molecule has 0 spiro atoms. The van der Waals surface area contributed by atoms with Gasteiger partial charge in [-0.15, -0.1) is 0 Å². The maximum atomic E-state index is 5.89. The normalized spacial score (nSPS) is 10.5. The molecule has 0 bridgehead atoms. The van der Waals surface area contributed by atoms with Crippen LogP contribution in [0.25, 0.3) is 0 Å². The third-order valence-corrected chi connectivity index (χ3v) is 3.50. The van der Waals surface area contributed by atoms with Gasteiger partial charge in [0.05, 0.1) is 7.11 Å². The first kappa shape index (κ1) is 16.4. The first-order valence-electron chi connectivity index (χ1n) is 7.79. The van der Waals surface area contributed by atoms with E-state index in [1.807, 2.05) is 12.1 Å². The predicted molar refractivity (Wildman–Crippen MR) is 90.5 cm³/mol. The molecule has 0 aliphatic carbocycles. The molecule has 3 heteroatoms. The Morgan fingerprint density at radius 3 is 2.36 bits per heavy atom. The molecule has 0 aromatic heterocycles. The van der Waals surface area contributed by atoms with Gasteiger partial charge in [-0.3, -0.25) is 0 Å². The van der Waals surface area contributed by atoms with Gasteiger partial charge in [0.2, 0.25) is 0 Å². The summed E-state index contributed by atoms with van der Waals surface area (Å²) in [7, 11) is 1.68. The second-order valence-electron chi connectivity index (χ2n) is 5.44. The average molecular weight is 299 g/mol. The standard InChI is InChI=1S/C19H25NO2/c1-4-11-20-13-17-9-10-18(19(12-17)21-3)22-14-16-7-5-15(2)6-8-16/h5-10,12,20H,4,11,13-14H2,1-3H3. The number of ether oxygens (including phenoxy) is 2. The molecule has 0 heterocycles. The zero-order valence-electron chi connectivity index (χ0n) is 13.7. The van der Waals surface area contributed by atoms with Crippen LogP contribution in [0, 0.1) is 6.92 Å². The van der Waals surface area contributed by atoms with Crippen molar-refractivity contribution in [2.75, 3.05) is 13.7 Å². The quantitative estimate of drug-likeness (QED) is 0.745. The number of nitrogens with one attached hydrogen (secondary N) is 1. The molecule has 0 radical (unpaired) electrons. The summed E-state index contributed by atoms with van der Waals surface area (Å²) < 4.78 is 11.3. The van der Waals surface area contributed by atoms with Gasteiger partial charge in [-0.25, -0.2) is 0 Å². The van der Waals surface area contributed by atoms with E-state index in [-0.39, 0.29) is 0 Å². The number of methoxy groups -OCH3 is 1. The van der Waals surface area contributed by atoms with Gasteiger partial charge < -0.3 is 14.8 Å². The van der Waals surface area contributed by atoms with Gasteiger partial charge in [0.15, 0.2) is 11.5 Å². The van der Waals surface area contributed by atoms with Crippen LogP contribution in [-0.4, -0.2) is 13.7 Å². The van der Waals surface area contributed by atoms with Crippen molar-refractivity contribution < 1.29 is 9.47 Å². The van der Waals surface area contributed by atoms with E-state index in [2.05, 4.69) is 49.5 Å². The highest BCUT2D eigenvalue weighted by molar-refractivity contribution is 5.43. The van der Waals surface area contributed by atoms with Crippen LogP contribution in [0.5, 0.6) is 11.5 Å². The number of benzene rings is 2. The lowest BCUT2D eigenvalue weighted by atomic mass is 10.1. The molecule has 0 atom stereocenters. The van der Waals surface area contributed by atoms with Crippen molar-refractivity contribution in [2.45, 2.75) is 33.4 Å². The Morgan fingerprint density at radius 2 is 1.68 bits per heavy atom. The first-order chi connectivity index (χ1) is 10.7. The van der Waals surface area contributed by atoms with Crippen LogP contribution >= 0.6 is 0 Å². The van der Waals surface area contributed by atoms with E-state index in [0.29, 0.717) is 6.61 Å². The number of hydrogen-bond acceptors (Lipinski definition) is 3. The van der Waals surface area contributed by atoms with Crippen molar-refractivity contribution in [2.24, 2.45) is 0 Å². The summed E-state index contributed by atoms with van der Waals surface area (Å²) >= 11 is 0. The molecule has 2 rings (SSSR count). The van der Waals surface area contributed by atoms with Crippen LogP contribution in [0.1, 0.15) is 30.0 Å². The molecule has 2 aromatic carbocycles. The smallest absolute Gasteiger partial charge is 0.161 e. The fraction of sp³-hybridized carbons (Fsp3) is 0.368. The Kier molecular flexibility index (Phi) is 6.28. The molecule has 3 nitrogen and oxygen atoms in total. The van der Waals surface area contributed by atoms with Crippen LogP contribution in [0.2, 0.25) is 0 Å². The van der Waals surface area contributed by atoms with Crippen molar-refractivity contribution in [1.82, 2.24) is 5.32 Å². The summed E-state index contributed by atoms with van der Waals surface area (Å²) in [6.45, 7) is 6.66. The Hall–Kier alpha value is -2.00. The molecule has 118 valence electrons. The summed E-state index contributed by atoms with van der Waals surface area (Å²) in [5, 5.41) is 3.39. The van der Waals surface area contributed by atoms with Crippen LogP contribution < -0.4 is 14.8 Å². The Balaban J connectivity index is 1.99. The molecule has 0 fully saturated rings. The zero-order valence-corrected chi connectivity index (χ0v) is 13.7. The highest BCUT2D eigenvalue weighted by Crippen LogP contribution is 2.28. The minimum atomic E-state index is 0.546. The predicted octanol–water partition coefficient (Wildman–Crippen LogP) is 4.08. The van der Waals surface area contributed by atoms with Gasteiger partial charge in [-0.2, -0.15) is 0 Å². The fourth-order valence-electron chi connectivity index (χ4n) is 2.20. The first-order valence-corrected chi connectivity index (χ1v) is 7.79. The summed E-state index contributed by atoms with van der Waals surface area (Å²) in [5.41, 5.74) is 3.61. The highest BCUT2D eigenvalue weighted by atomic mass is 16.5. The van der Waals surface area contributed by atoms with Crippen molar-refractivity contribution in [3.8, 4) is 11.5 Å². The van der Waals surface area contributed by atoms with E-state index >= 15 is 0 Å². The van der Waals surface area contributed by atoms with E-state index in [0.717, 1.165) is 36.6 Å². The molecule has 0 aliphatic heterocycles. The van der Waals surface area contributed by atoms with Crippen LogP contribution in [0.15, 0.2) is 42.5 Å². The molecular formula is C19H25NO2. The van der Waals surface area contributed by atoms with E-state index in [9.17, 15) is 0 Å². The van der Waals surface area contributed by atoms with Crippen molar-refractivity contribution in [1.29, 1.82) is 0 Å². The van der Waals surface area contributed by atoms with E-state index < -0.39 is 0 Å². The SMILES string of the molecule is CCCNCc1ccc(OCc2ccc(C)cc2)c(OC)c1. The number of hydrogen-bond donors (Lipinski definition) is 1. The molecule has 0 aliphatic rings. The fourth-order valence-corrected chi connectivity index (χ4v) is 2.20. The van der Waals surface area contributed by atoms with Crippen molar-refractivity contribution in [3.05, 3.63) is 59.2 Å². The Bertz CT molecular complexity index is 578. The summed E-state index contributed by atoms with van der Waals surface area (Å²) in [4.78, 5) is 0. The van der Waals surface area contributed by atoms with Gasteiger partial charge in [-0.05, 0) is 43.1 Å². The van der Waals surface area contributed by atoms with E-state index in [1.54, 1.807) is 7.11 Å². The lowest BCUT2D eigenvalue weighted by molar-refractivity contribution is 0.284. The molecule has 2 aromatic rings. The van der Waals surface area contributed by atoms with E-state index in [1.165, 1.54) is 11.1 Å². The van der Waals surface area contributed by atoms with Gasteiger partial charge >= 0.3 is 0 Å². The lowest BCUT2D eigenvalue weighted by Gasteiger charge is -2.13. The maximum absolute atomic E-state index is 5.89. The molecule has 0 saturated heterocycles. The third-order valence-electron chi connectivity index (χ3n) is 3.50. The van der Waals surface area contributed by atoms with Gasteiger partial charge in [-0.1, -0.05) is 42.8 Å². The maximum Gasteiger partial charge on any atom is 0.161 e. The van der Waals surface area contributed by atoms with Gasteiger partial charge in [0, 0.05) is 6.54 Å². The zero-order chi connectivity index (χ0) is 15.8. The molecule has 0 amide bonds. The minimum Gasteiger partial charge on any atom is -0.493 e. The van der Waals surface area contributed by atoms with Gasteiger partial charge in [0.1, 0.15) is 6.61 Å². The Labute approximate surface area is 133 Å². The van der Waals surface area contributed by atoms with Crippen LogP contribution in [0.4, 0.5) is 0 Å². The number of rotatable bonds is 8. The summed E-state index contributed by atoms with van der Waals surface area (Å²) in [6.07, 6.45) is 1.13. The molecular weight excluding hydrogens is 274 g/mol. The Morgan fingerprint density at radius 1 is 0.955 bits per heavy atom. The second-order valence-corrected chi connectivity index (χ2v) is 5.44. The largest absolute Gasteiger partial charge is 0.493 e. The lowest BCUT2D eigenvalue weighted by Crippen LogP contribution is -2.13.